The van der Waals surface area contributed by atoms with Crippen LogP contribution in [0, 0.1) is 0 Å². The highest BCUT2D eigenvalue weighted by Crippen LogP contribution is 2.31. The maximum Gasteiger partial charge on any atom is 0.129 e. The van der Waals surface area contributed by atoms with E-state index in [1.165, 1.54) is 44.1 Å². The van der Waals surface area contributed by atoms with Crippen LogP contribution in [0.2, 0.25) is 0 Å². The molecule has 0 amide bonds. The summed E-state index contributed by atoms with van der Waals surface area (Å²) < 4.78 is 5.97. The predicted molar refractivity (Wildman–Crippen MR) is 83.4 cm³/mol. The predicted octanol–water partition coefficient (Wildman–Crippen LogP) is 2.48. The molecule has 2 heterocycles. The lowest BCUT2D eigenvalue weighted by Gasteiger charge is -2.44. The smallest absolute Gasteiger partial charge is 0.129 e. The molecule has 4 rings (SSSR count). The fourth-order valence-corrected chi connectivity index (χ4v) is 3.66. The van der Waals surface area contributed by atoms with E-state index < -0.39 is 0 Å². The van der Waals surface area contributed by atoms with E-state index in [1.807, 2.05) is 6.20 Å². The number of pyridine rings is 1. The molecule has 2 saturated carbocycles. The van der Waals surface area contributed by atoms with Crippen molar-refractivity contribution < 1.29 is 4.74 Å². The maximum atomic E-state index is 5.97. The van der Waals surface area contributed by atoms with Gasteiger partial charge in [-0.3, -0.25) is 0 Å². The largest absolute Gasteiger partial charge is 0.374 e. The monoisotopic (exact) mass is 287 g/mol. The van der Waals surface area contributed by atoms with Crippen LogP contribution in [0.1, 0.15) is 44.1 Å². The summed E-state index contributed by atoms with van der Waals surface area (Å²) >= 11 is 0. The van der Waals surface area contributed by atoms with Gasteiger partial charge in [0.15, 0.2) is 0 Å². The Morgan fingerprint density at radius 3 is 3.05 bits per heavy atom. The molecule has 0 aromatic carbocycles. The van der Waals surface area contributed by atoms with Crippen molar-refractivity contribution in [3.8, 4) is 0 Å². The molecule has 2 aliphatic carbocycles. The molecule has 21 heavy (non-hydrogen) atoms. The van der Waals surface area contributed by atoms with Crippen molar-refractivity contribution in [2.45, 2.75) is 63.3 Å². The van der Waals surface area contributed by atoms with Gasteiger partial charge in [-0.1, -0.05) is 12.8 Å². The Bertz CT molecular complexity index is 487. The second-order valence-electron chi connectivity index (χ2n) is 6.63. The minimum absolute atomic E-state index is 0.419. The summed E-state index contributed by atoms with van der Waals surface area (Å²) in [6.45, 7) is 2.79. The number of morpholine rings is 1. The summed E-state index contributed by atoms with van der Waals surface area (Å²) in [6, 6.07) is 5.70. The van der Waals surface area contributed by atoms with Crippen LogP contribution in [-0.2, 0) is 11.3 Å². The zero-order valence-corrected chi connectivity index (χ0v) is 12.6. The zero-order valence-electron chi connectivity index (χ0n) is 12.6. The molecule has 4 nitrogen and oxygen atoms in total. The second kappa shape index (κ2) is 5.93. The van der Waals surface area contributed by atoms with Crippen molar-refractivity contribution in [1.82, 2.24) is 10.3 Å². The van der Waals surface area contributed by atoms with Gasteiger partial charge < -0.3 is 15.0 Å². The Kier molecular flexibility index (Phi) is 3.82. The average Bonchev–Trinajstić information content (AvgIpc) is 3.37. The summed E-state index contributed by atoms with van der Waals surface area (Å²) in [7, 11) is 0. The van der Waals surface area contributed by atoms with Crippen molar-refractivity contribution in [3.05, 3.63) is 23.9 Å². The Labute approximate surface area is 126 Å². The molecule has 1 N–H and O–H groups in total. The Morgan fingerprint density at radius 2 is 2.14 bits per heavy atom. The van der Waals surface area contributed by atoms with Crippen LogP contribution >= 0.6 is 0 Å². The lowest BCUT2D eigenvalue weighted by molar-refractivity contribution is -0.00899. The van der Waals surface area contributed by atoms with Gasteiger partial charge in [-0.05, 0) is 43.4 Å². The molecule has 1 aromatic rings. The molecule has 0 bridgehead atoms. The van der Waals surface area contributed by atoms with Crippen molar-refractivity contribution >= 4 is 5.82 Å². The molecule has 3 fully saturated rings. The first kappa shape index (κ1) is 13.5. The SMILES string of the molecule is c1cc(CNC2CC2)cc(N2CCOC3CCCCC32)n1. The molecule has 4 heteroatoms. The number of hydrogen-bond acceptors (Lipinski definition) is 4. The number of anilines is 1. The van der Waals surface area contributed by atoms with Gasteiger partial charge in [0, 0.05) is 25.3 Å². The van der Waals surface area contributed by atoms with Crippen LogP contribution < -0.4 is 10.2 Å². The zero-order chi connectivity index (χ0) is 14.1. The third kappa shape index (κ3) is 3.06. The van der Waals surface area contributed by atoms with Gasteiger partial charge in [0.2, 0.25) is 0 Å². The van der Waals surface area contributed by atoms with Crippen LogP contribution in [-0.4, -0.2) is 36.3 Å². The van der Waals surface area contributed by atoms with E-state index in [9.17, 15) is 0 Å². The molecular weight excluding hydrogens is 262 g/mol. The van der Waals surface area contributed by atoms with Crippen molar-refractivity contribution in [1.29, 1.82) is 0 Å². The van der Waals surface area contributed by atoms with E-state index in [-0.39, 0.29) is 0 Å². The molecule has 1 saturated heterocycles. The normalized spacial score (nSPS) is 29.2. The van der Waals surface area contributed by atoms with Gasteiger partial charge in [0.05, 0.1) is 18.8 Å². The van der Waals surface area contributed by atoms with Crippen LogP contribution in [0.4, 0.5) is 5.82 Å². The van der Waals surface area contributed by atoms with E-state index in [1.54, 1.807) is 0 Å². The Morgan fingerprint density at radius 1 is 1.24 bits per heavy atom. The Balaban J connectivity index is 1.49. The maximum absolute atomic E-state index is 5.97. The molecule has 2 atom stereocenters. The number of nitrogens with zero attached hydrogens (tertiary/aromatic N) is 2. The van der Waals surface area contributed by atoms with Crippen molar-refractivity contribution in [2.75, 3.05) is 18.1 Å². The fraction of sp³-hybridized carbons (Fsp3) is 0.706. The van der Waals surface area contributed by atoms with Crippen LogP contribution in [0.25, 0.3) is 0 Å². The van der Waals surface area contributed by atoms with Gasteiger partial charge in [-0.2, -0.15) is 0 Å². The minimum Gasteiger partial charge on any atom is -0.374 e. The molecule has 0 radical (unpaired) electrons. The van der Waals surface area contributed by atoms with Gasteiger partial charge in [-0.25, -0.2) is 4.98 Å². The summed E-state index contributed by atoms with van der Waals surface area (Å²) in [5.41, 5.74) is 1.35. The summed E-state index contributed by atoms with van der Waals surface area (Å²) in [6.07, 6.45) is 10.2. The molecular formula is C17H25N3O. The van der Waals surface area contributed by atoms with E-state index >= 15 is 0 Å². The van der Waals surface area contributed by atoms with E-state index in [4.69, 9.17) is 4.74 Å². The molecule has 3 aliphatic rings. The number of aromatic nitrogens is 1. The first-order valence-electron chi connectivity index (χ1n) is 8.47. The van der Waals surface area contributed by atoms with E-state index in [0.29, 0.717) is 12.1 Å². The average molecular weight is 287 g/mol. The fourth-order valence-electron chi connectivity index (χ4n) is 3.66. The van der Waals surface area contributed by atoms with Crippen molar-refractivity contribution in [2.24, 2.45) is 0 Å². The second-order valence-corrected chi connectivity index (χ2v) is 6.63. The molecule has 1 aliphatic heterocycles. The molecule has 1 aromatic heterocycles. The number of rotatable bonds is 4. The summed E-state index contributed by atoms with van der Waals surface area (Å²) in [4.78, 5) is 7.13. The lowest BCUT2D eigenvalue weighted by Crippen LogP contribution is -2.53. The molecule has 0 spiro atoms. The standard InChI is InChI=1S/C17H25N3O/c1-2-4-16-15(3-1)20(9-10-21-16)17-11-13(7-8-18-17)12-19-14-5-6-14/h7-8,11,14-16,19H,1-6,9-10,12H2. The van der Waals surface area contributed by atoms with Crippen LogP contribution in [0.3, 0.4) is 0 Å². The number of hydrogen-bond donors (Lipinski definition) is 1. The van der Waals surface area contributed by atoms with E-state index in [2.05, 4.69) is 27.3 Å². The van der Waals surface area contributed by atoms with Crippen LogP contribution in [0.15, 0.2) is 18.3 Å². The number of nitrogens with one attached hydrogen (secondary N) is 1. The Hall–Kier alpha value is -1.13. The number of fused-ring (bicyclic) bond motifs is 1. The highest BCUT2D eigenvalue weighted by atomic mass is 16.5. The van der Waals surface area contributed by atoms with Crippen molar-refractivity contribution in [3.63, 3.8) is 0 Å². The van der Waals surface area contributed by atoms with Gasteiger partial charge in [0.25, 0.3) is 0 Å². The highest BCUT2D eigenvalue weighted by molar-refractivity contribution is 5.43. The summed E-state index contributed by atoms with van der Waals surface area (Å²) in [5, 5.41) is 3.59. The van der Waals surface area contributed by atoms with Gasteiger partial charge >= 0.3 is 0 Å². The van der Waals surface area contributed by atoms with Gasteiger partial charge in [0.1, 0.15) is 5.82 Å². The molecule has 2 unspecified atom stereocenters. The minimum atomic E-state index is 0.419. The third-order valence-electron chi connectivity index (χ3n) is 5.01. The summed E-state index contributed by atoms with van der Waals surface area (Å²) in [5.74, 6) is 1.14. The van der Waals surface area contributed by atoms with Gasteiger partial charge in [-0.15, -0.1) is 0 Å². The number of ether oxygens (including phenoxy) is 1. The quantitative estimate of drug-likeness (QED) is 0.923. The lowest BCUT2D eigenvalue weighted by atomic mass is 9.90. The third-order valence-corrected chi connectivity index (χ3v) is 5.01. The van der Waals surface area contributed by atoms with E-state index in [0.717, 1.165) is 31.6 Å². The molecule has 114 valence electrons. The first-order chi connectivity index (χ1) is 10.4. The van der Waals surface area contributed by atoms with Crippen LogP contribution in [0.5, 0.6) is 0 Å². The highest BCUT2D eigenvalue weighted by Gasteiger charge is 2.34. The first-order valence-corrected chi connectivity index (χ1v) is 8.47. The topological polar surface area (TPSA) is 37.4 Å².